The van der Waals surface area contributed by atoms with Crippen LogP contribution >= 0.6 is 11.3 Å². The molecular formula is C21H19N3O4S. The van der Waals surface area contributed by atoms with Gasteiger partial charge >= 0.3 is 0 Å². The molecule has 3 aromatic rings. The van der Waals surface area contributed by atoms with Crippen LogP contribution in [0, 0.1) is 11.3 Å². The fourth-order valence-corrected chi connectivity index (χ4v) is 3.57. The lowest BCUT2D eigenvalue weighted by molar-refractivity contribution is 0.138. The molecule has 1 aromatic heterocycles. The highest BCUT2D eigenvalue weighted by Crippen LogP contribution is 2.29. The second-order valence-corrected chi connectivity index (χ2v) is 6.97. The van der Waals surface area contributed by atoms with E-state index in [2.05, 4.69) is 10.1 Å². The molecule has 0 unspecified atom stereocenters. The van der Waals surface area contributed by atoms with E-state index in [1.54, 1.807) is 33.3 Å². The normalized spacial score (nSPS) is 12.3. The van der Waals surface area contributed by atoms with E-state index in [0.29, 0.717) is 22.2 Å². The largest absolute Gasteiger partial charge is 0.507 e. The first kappa shape index (κ1) is 20.2. The van der Waals surface area contributed by atoms with Gasteiger partial charge in [-0.2, -0.15) is 5.26 Å². The molecule has 0 amide bonds. The number of allylic oxidation sites excluding steroid dienone is 1. The maximum atomic E-state index is 10.3. The summed E-state index contributed by atoms with van der Waals surface area (Å²) in [5, 5.41) is 24.2. The molecule has 0 saturated carbocycles. The van der Waals surface area contributed by atoms with Crippen LogP contribution in [0.3, 0.4) is 0 Å². The molecule has 7 nitrogen and oxygen atoms in total. The Morgan fingerprint density at radius 2 is 1.93 bits per heavy atom. The Labute approximate surface area is 172 Å². The Hall–Kier alpha value is -3.57. The van der Waals surface area contributed by atoms with Crippen LogP contribution in [0.4, 0.5) is 0 Å². The number of aliphatic hydroxyl groups excluding tert-OH is 1. The molecule has 0 bridgehead atoms. The Morgan fingerprint density at radius 3 is 2.62 bits per heavy atom. The van der Waals surface area contributed by atoms with Crippen molar-refractivity contribution in [1.29, 1.82) is 5.26 Å². The average Bonchev–Trinajstić information content (AvgIpc) is 3.17. The zero-order valence-corrected chi connectivity index (χ0v) is 17.0. The summed E-state index contributed by atoms with van der Waals surface area (Å²) in [6.07, 6.45) is 0. The van der Waals surface area contributed by atoms with E-state index in [-0.39, 0.29) is 17.9 Å². The second-order valence-electron chi connectivity index (χ2n) is 5.94. The quantitative estimate of drug-likeness (QED) is 0.266. The summed E-state index contributed by atoms with van der Waals surface area (Å²) >= 11 is 1.33. The number of oxime groups is 1. The van der Waals surface area contributed by atoms with Crippen LogP contribution < -0.4 is 9.47 Å². The predicted octanol–water partition coefficient (Wildman–Crippen LogP) is 4.55. The molecule has 0 aliphatic heterocycles. The van der Waals surface area contributed by atoms with Crippen LogP contribution in [0.25, 0.3) is 15.8 Å². The number of rotatable bonds is 7. The predicted molar refractivity (Wildman–Crippen MR) is 112 cm³/mol. The highest BCUT2D eigenvalue weighted by atomic mass is 32.1. The summed E-state index contributed by atoms with van der Waals surface area (Å²) in [5.74, 6) is 0.959. The smallest absolute Gasteiger partial charge is 0.175 e. The van der Waals surface area contributed by atoms with E-state index >= 15 is 0 Å². The lowest BCUT2D eigenvalue weighted by atomic mass is 10.1. The molecule has 0 radical (unpaired) electrons. The van der Waals surface area contributed by atoms with Gasteiger partial charge in [0.25, 0.3) is 0 Å². The molecule has 0 saturated heterocycles. The zero-order chi connectivity index (χ0) is 20.8. The molecule has 0 spiro atoms. The van der Waals surface area contributed by atoms with Gasteiger partial charge in [0.1, 0.15) is 16.6 Å². The van der Waals surface area contributed by atoms with E-state index < -0.39 is 0 Å². The van der Waals surface area contributed by atoms with Crippen molar-refractivity contribution in [3.63, 3.8) is 0 Å². The van der Waals surface area contributed by atoms with Crippen molar-refractivity contribution in [2.24, 2.45) is 5.16 Å². The summed E-state index contributed by atoms with van der Waals surface area (Å²) in [6, 6.07) is 14.9. The maximum absolute atomic E-state index is 10.3. The minimum absolute atomic E-state index is 0.0742. The number of aromatic nitrogens is 1. The molecule has 0 aliphatic carbocycles. The topological polar surface area (TPSA) is 97.0 Å². The first-order valence-corrected chi connectivity index (χ1v) is 9.46. The van der Waals surface area contributed by atoms with E-state index in [0.717, 1.165) is 15.8 Å². The highest BCUT2D eigenvalue weighted by molar-refractivity contribution is 7.19. The van der Waals surface area contributed by atoms with Crippen molar-refractivity contribution in [3.8, 4) is 17.6 Å². The van der Waals surface area contributed by atoms with Crippen LogP contribution in [-0.4, -0.2) is 36.6 Å². The molecule has 0 atom stereocenters. The van der Waals surface area contributed by atoms with E-state index in [1.807, 2.05) is 36.4 Å². The van der Waals surface area contributed by atoms with Gasteiger partial charge in [-0.1, -0.05) is 17.3 Å². The van der Waals surface area contributed by atoms with Crippen LogP contribution in [0.1, 0.15) is 17.5 Å². The van der Waals surface area contributed by atoms with Crippen LogP contribution in [0.2, 0.25) is 0 Å². The Kier molecular flexibility index (Phi) is 6.32. The highest BCUT2D eigenvalue weighted by Gasteiger charge is 2.14. The monoisotopic (exact) mass is 409 g/mol. The number of nitrogens with zero attached hydrogens (tertiary/aromatic N) is 3. The number of para-hydroxylation sites is 1. The van der Waals surface area contributed by atoms with Crippen molar-refractivity contribution >= 4 is 32.8 Å². The van der Waals surface area contributed by atoms with Crippen molar-refractivity contribution in [2.75, 3.05) is 20.8 Å². The third-order valence-electron chi connectivity index (χ3n) is 4.11. The zero-order valence-electron chi connectivity index (χ0n) is 16.2. The number of benzene rings is 2. The fourth-order valence-electron chi connectivity index (χ4n) is 2.59. The minimum Gasteiger partial charge on any atom is -0.507 e. The summed E-state index contributed by atoms with van der Waals surface area (Å²) < 4.78 is 11.4. The van der Waals surface area contributed by atoms with Gasteiger partial charge < -0.3 is 19.4 Å². The fraction of sp³-hybridized carbons (Fsp3) is 0.190. The number of fused-ring (bicyclic) bond motifs is 1. The molecule has 148 valence electrons. The van der Waals surface area contributed by atoms with Crippen molar-refractivity contribution in [3.05, 3.63) is 58.8 Å². The molecule has 29 heavy (non-hydrogen) atoms. The third kappa shape index (κ3) is 4.47. The standard InChI is InChI=1S/C21H19N3O4S/c1-13(14-8-9-18(26-2)19(10-14)27-3)24-28-12-17(25)15(11-22)21-23-16-6-4-5-7-20(16)29-21/h4-10,25H,12H2,1-3H3/b17-15-,24-13+. The van der Waals surface area contributed by atoms with Crippen LogP contribution in [0.5, 0.6) is 11.5 Å². The molecular weight excluding hydrogens is 390 g/mol. The number of ether oxygens (including phenoxy) is 2. The van der Waals surface area contributed by atoms with Gasteiger partial charge in [-0.05, 0) is 37.3 Å². The molecule has 0 fully saturated rings. The average molecular weight is 409 g/mol. The Balaban J connectivity index is 1.76. The van der Waals surface area contributed by atoms with Crippen molar-refractivity contribution < 1.29 is 19.4 Å². The summed E-state index contributed by atoms with van der Waals surface area (Å²) in [5.41, 5.74) is 2.21. The number of nitriles is 1. The molecule has 1 heterocycles. The van der Waals surface area contributed by atoms with Crippen molar-refractivity contribution in [1.82, 2.24) is 4.98 Å². The SMILES string of the molecule is COc1ccc(/C(C)=N/OC/C(O)=C(\C#N)c2nc3ccccc3s2)cc1OC. The number of thiazole rings is 1. The number of aliphatic hydroxyl groups is 1. The number of methoxy groups -OCH3 is 2. The molecule has 2 aromatic carbocycles. The van der Waals surface area contributed by atoms with Gasteiger partial charge in [-0.25, -0.2) is 4.98 Å². The van der Waals surface area contributed by atoms with E-state index in [4.69, 9.17) is 14.3 Å². The number of hydrogen-bond donors (Lipinski definition) is 1. The van der Waals surface area contributed by atoms with Gasteiger partial charge in [-0.3, -0.25) is 0 Å². The third-order valence-corrected chi connectivity index (χ3v) is 5.17. The maximum Gasteiger partial charge on any atom is 0.175 e. The first-order chi connectivity index (χ1) is 14.1. The van der Waals surface area contributed by atoms with Gasteiger partial charge in [0.2, 0.25) is 0 Å². The minimum atomic E-state index is -0.247. The van der Waals surface area contributed by atoms with Crippen LogP contribution in [0.15, 0.2) is 53.4 Å². The number of hydrogen-bond acceptors (Lipinski definition) is 8. The van der Waals surface area contributed by atoms with Gasteiger partial charge in [0, 0.05) is 5.56 Å². The lowest BCUT2D eigenvalue weighted by Gasteiger charge is -2.09. The van der Waals surface area contributed by atoms with Crippen LogP contribution in [-0.2, 0) is 4.84 Å². The second kappa shape index (κ2) is 9.08. The summed E-state index contributed by atoms with van der Waals surface area (Å²) in [7, 11) is 3.12. The Bertz CT molecular complexity index is 1100. The summed E-state index contributed by atoms with van der Waals surface area (Å²) in [4.78, 5) is 9.65. The molecule has 3 rings (SSSR count). The molecule has 1 N–H and O–H groups in total. The van der Waals surface area contributed by atoms with E-state index in [1.165, 1.54) is 11.3 Å². The summed E-state index contributed by atoms with van der Waals surface area (Å²) in [6.45, 7) is 1.52. The van der Waals surface area contributed by atoms with Gasteiger partial charge in [0.05, 0.1) is 30.1 Å². The van der Waals surface area contributed by atoms with Gasteiger partial charge in [-0.15, -0.1) is 11.3 Å². The van der Waals surface area contributed by atoms with Gasteiger partial charge in [0.15, 0.2) is 23.9 Å². The van der Waals surface area contributed by atoms with E-state index in [9.17, 15) is 10.4 Å². The first-order valence-electron chi connectivity index (χ1n) is 8.64. The lowest BCUT2D eigenvalue weighted by Crippen LogP contribution is -2.02. The van der Waals surface area contributed by atoms with Crippen molar-refractivity contribution in [2.45, 2.75) is 6.92 Å². The molecule has 8 heteroatoms. The Morgan fingerprint density at radius 1 is 1.17 bits per heavy atom. The molecule has 0 aliphatic rings.